The summed E-state index contributed by atoms with van der Waals surface area (Å²) in [5, 5.41) is 2.90. The second kappa shape index (κ2) is 9.41. The maximum absolute atomic E-state index is 15.8. The fourth-order valence-corrected chi connectivity index (χ4v) is 4.87. The molecule has 0 radical (unpaired) electrons. The van der Waals surface area contributed by atoms with E-state index >= 15 is 8.78 Å². The Morgan fingerprint density at radius 3 is 2.51 bits per heavy atom. The maximum atomic E-state index is 15.8. The van der Waals surface area contributed by atoms with E-state index in [-0.39, 0.29) is 22.2 Å². The molecule has 6 nitrogen and oxygen atoms in total. The third-order valence-electron chi connectivity index (χ3n) is 6.98. The first-order chi connectivity index (χ1) is 16.9. The number of unbranched alkanes of at least 4 members (excludes halogenated alkanes) is 1. The first-order valence-electron chi connectivity index (χ1n) is 12.2. The highest BCUT2D eigenvalue weighted by atomic mass is 19.1. The van der Waals surface area contributed by atoms with Crippen LogP contribution in [0.2, 0.25) is 0 Å². The summed E-state index contributed by atoms with van der Waals surface area (Å²) in [5.41, 5.74) is -0.414. The number of anilines is 1. The van der Waals surface area contributed by atoms with Gasteiger partial charge in [-0.15, -0.1) is 0 Å². The summed E-state index contributed by atoms with van der Waals surface area (Å²) in [6, 6.07) is 10.7. The Morgan fingerprint density at radius 1 is 1.14 bits per heavy atom. The number of aromatic nitrogens is 1. The highest BCUT2D eigenvalue weighted by Gasteiger charge is 2.46. The highest BCUT2D eigenvalue weighted by Crippen LogP contribution is 2.45. The van der Waals surface area contributed by atoms with Crippen LogP contribution in [0.4, 0.5) is 14.5 Å². The maximum Gasteiger partial charge on any atom is 0.257 e. The molecule has 1 N–H and O–H groups in total. The minimum atomic E-state index is -0.809. The molecule has 2 fully saturated rings. The predicted molar refractivity (Wildman–Crippen MR) is 131 cm³/mol. The molecule has 184 valence electrons. The molecule has 1 aromatic heterocycles. The molecular formula is C27H29F2N3O3. The van der Waals surface area contributed by atoms with E-state index in [9.17, 15) is 9.59 Å². The molecule has 1 aliphatic heterocycles. The Balaban J connectivity index is 1.60. The number of morpholine rings is 1. The summed E-state index contributed by atoms with van der Waals surface area (Å²) in [5.74, 6) is -2.11. The largest absolute Gasteiger partial charge is 0.378 e. The van der Waals surface area contributed by atoms with Gasteiger partial charge in [0, 0.05) is 25.8 Å². The quantitative estimate of drug-likeness (QED) is 0.546. The number of rotatable bonds is 7. The van der Waals surface area contributed by atoms with Crippen LogP contribution in [0.25, 0.3) is 10.9 Å². The van der Waals surface area contributed by atoms with Crippen LogP contribution in [-0.2, 0) is 16.8 Å². The Hall–Kier alpha value is -3.26. The third kappa shape index (κ3) is 4.31. The summed E-state index contributed by atoms with van der Waals surface area (Å²) < 4.78 is 37.9. The molecule has 1 amide bonds. The molecule has 5 rings (SSSR count). The molecule has 1 aliphatic carbocycles. The van der Waals surface area contributed by atoms with Gasteiger partial charge in [0.05, 0.1) is 29.7 Å². The lowest BCUT2D eigenvalue weighted by atomic mass is 10.0. The van der Waals surface area contributed by atoms with E-state index < -0.39 is 28.5 Å². The van der Waals surface area contributed by atoms with E-state index in [1.54, 1.807) is 9.47 Å². The summed E-state index contributed by atoms with van der Waals surface area (Å²) in [4.78, 5) is 28.3. The Morgan fingerprint density at radius 2 is 1.86 bits per heavy atom. The van der Waals surface area contributed by atoms with Gasteiger partial charge in [-0.25, -0.2) is 8.78 Å². The topological polar surface area (TPSA) is 63.6 Å². The zero-order chi connectivity index (χ0) is 24.6. The molecule has 8 heteroatoms. The van der Waals surface area contributed by atoms with Crippen molar-refractivity contribution in [3.8, 4) is 0 Å². The first-order valence-corrected chi connectivity index (χ1v) is 12.2. The van der Waals surface area contributed by atoms with Crippen molar-refractivity contribution in [1.82, 2.24) is 9.88 Å². The van der Waals surface area contributed by atoms with E-state index in [0.29, 0.717) is 32.8 Å². The molecule has 0 unspecified atom stereocenters. The number of halogens is 2. The summed E-state index contributed by atoms with van der Waals surface area (Å²) in [6.07, 6.45) is 4.53. The van der Waals surface area contributed by atoms with Crippen LogP contribution in [0.1, 0.15) is 48.5 Å². The summed E-state index contributed by atoms with van der Waals surface area (Å²) in [7, 11) is 0. The smallest absolute Gasteiger partial charge is 0.257 e. The fourth-order valence-electron chi connectivity index (χ4n) is 4.87. The van der Waals surface area contributed by atoms with Gasteiger partial charge in [0.15, 0.2) is 5.82 Å². The average Bonchev–Trinajstić information content (AvgIpc) is 3.65. The van der Waals surface area contributed by atoms with Gasteiger partial charge in [0.25, 0.3) is 5.91 Å². The van der Waals surface area contributed by atoms with Crippen molar-refractivity contribution in [2.45, 2.75) is 44.7 Å². The molecule has 2 aromatic carbocycles. The Kier molecular flexibility index (Phi) is 6.32. The lowest BCUT2D eigenvalue weighted by Crippen LogP contribution is -2.38. The van der Waals surface area contributed by atoms with Crippen LogP contribution in [0.3, 0.4) is 0 Å². The molecule has 0 spiro atoms. The van der Waals surface area contributed by atoms with E-state index in [1.165, 1.54) is 6.20 Å². The van der Waals surface area contributed by atoms with Gasteiger partial charge in [0.1, 0.15) is 17.1 Å². The minimum Gasteiger partial charge on any atom is -0.378 e. The molecule has 1 saturated heterocycles. The van der Waals surface area contributed by atoms with Crippen molar-refractivity contribution >= 4 is 22.5 Å². The van der Waals surface area contributed by atoms with Gasteiger partial charge < -0.3 is 19.5 Å². The molecule has 2 heterocycles. The van der Waals surface area contributed by atoms with Crippen molar-refractivity contribution in [3.05, 3.63) is 75.6 Å². The standard InChI is InChI=1S/C27H29F2N3O3/c1-2-3-11-32-17-20(26(34)30-27(9-10-27)18-7-5-4-6-8-18)25(33)19-16-21(28)24(22(29)23(19)32)31-12-14-35-15-13-31/h4-8,16-17H,2-3,9-15H2,1H3,(H,30,34). The number of carbonyl (C=O) groups is 1. The second-order valence-electron chi connectivity index (χ2n) is 9.34. The Labute approximate surface area is 202 Å². The number of nitrogens with zero attached hydrogens (tertiary/aromatic N) is 2. The van der Waals surface area contributed by atoms with Crippen molar-refractivity contribution in [2.75, 3.05) is 31.2 Å². The number of hydrogen-bond donors (Lipinski definition) is 1. The number of nitrogens with one attached hydrogen (secondary N) is 1. The van der Waals surface area contributed by atoms with Crippen LogP contribution in [0.15, 0.2) is 47.4 Å². The highest BCUT2D eigenvalue weighted by molar-refractivity contribution is 5.98. The number of amides is 1. The number of fused-ring (bicyclic) bond motifs is 1. The average molecular weight is 482 g/mol. The van der Waals surface area contributed by atoms with Crippen LogP contribution in [-0.4, -0.2) is 36.8 Å². The number of benzene rings is 2. The number of ether oxygens (including phenoxy) is 1. The number of pyridine rings is 1. The zero-order valence-electron chi connectivity index (χ0n) is 19.8. The number of aryl methyl sites for hydroxylation is 1. The number of hydrogen-bond acceptors (Lipinski definition) is 4. The van der Waals surface area contributed by atoms with Gasteiger partial charge in [0.2, 0.25) is 5.43 Å². The summed E-state index contributed by atoms with van der Waals surface area (Å²) >= 11 is 0. The molecule has 0 atom stereocenters. The molecule has 0 bridgehead atoms. The van der Waals surface area contributed by atoms with Crippen molar-refractivity contribution in [1.29, 1.82) is 0 Å². The molecule has 2 aliphatic rings. The van der Waals surface area contributed by atoms with Crippen LogP contribution in [0.5, 0.6) is 0 Å². The number of carbonyl (C=O) groups excluding carboxylic acids is 1. The normalized spacial score (nSPS) is 16.9. The van der Waals surface area contributed by atoms with E-state index in [0.717, 1.165) is 37.3 Å². The van der Waals surface area contributed by atoms with Crippen LogP contribution >= 0.6 is 0 Å². The molecular weight excluding hydrogens is 452 g/mol. The molecule has 35 heavy (non-hydrogen) atoms. The third-order valence-corrected chi connectivity index (χ3v) is 6.98. The van der Waals surface area contributed by atoms with Gasteiger partial charge in [-0.3, -0.25) is 9.59 Å². The lowest BCUT2D eigenvalue weighted by molar-refractivity contribution is 0.0929. The first kappa shape index (κ1) is 23.5. The zero-order valence-corrected chi connectivity index (χ0v) is 19.8. The SMILES string of the molecule is CCCCn1cc(C(=O)NC2(c3ccccc3)CC2)c(=O)c2cc(F)c(N3CCOCC3)c(F)c21. The van der Waals surface area contributed by atoms with Crippen LogP contribution in [0, 0.1) is 11.6 Å². The van der Waals surface area contributed by atoms with Crippen molar-refractivity contribution in [3.63, 3.8) is 0 Å². The van der Waals surface area contributed by atoms with Gasteiger partial charge in [-0.1, -0.05) is 43.7 Å². The van der Waals surface area contributed by atoms with Crippen molar-refractivity contribution < 1.29 is 18.3 Å². The molecule has 3 aromatic rings. The van der Waals surface area contributed by atoms with E-state index in [4.69, 9.17) is 4.74 Å². The Bertz CT molecular complexity index is 1310. The predicted octanol–water partition coefficient (Wildman–Crippen LogP) is 4.34. The van der Waals surface area contributed by atoms with Crippen LogP contribution < -0.4 is 15.6 Å². The molecule has 1 saturated carbocycles. The van der Waals surface area contributed by atoms with Gasteiger partial charge in [-0.05, 0) is 30.9 Å². The van der Waals surface area contributed by atoms with Gasteiger partial charge >= 0.3 is 0 Å². The van der Waals surface area contributed by atoms with Crippen molar-refractivity contribution in [2.24, 2.45) is 0 Å². The monoisotopic (exact) mass is 481 g/mol. The van der Waals surface area contributed by atoms with E-state index in [1.807, 2.05) is 37.3 Å². The minimum absolute atomic E-state index is 0.0343. The van der Waals surface area contributed by atoms with E-state index in [2.05, 4.69) is 5.32 Å². The lowest BCUT2D eigenvalue weighted by Gasteiger charge is -2.30. The summed E-state index contributed by atoms with van der Waals surface area (Å²) in [6.45, 7) is 3.89. The van der Waals surface area contributed by atoms with Gasteiger partial charge in [-0.2, -0.15) is 0 Å². The fraction of sp³-hybridized carbons (Fsp3) is 0.407. The second-order valence-corrected chi connectivity index (χ2v) is 9.34.